The number of methoxy groups -OCH3 is 1. The summed E-state index contributed by atoms with van der Waals surface area (Å²) in [5.41, 5.74) is 0.689. The largest absolute Gasteiger partial charge is 0.497 e. The zero-order chi connectivity index (χ0) is 14.4. The van der Waals surface area contributed by atoms with Crippen molar-refractivity contribution >= 4 is 5.78 Å². The van der Waals surface area contributed by atoms with Gasteiger partial charge in [0, 0.05) is 5.56 Å². The van der Waals surface area contributed by atoms with Gasteiger partial charge in [0.1, 0.15) is 12.4 Å². The van der Waals surface area contributed by atoms with Crippen LogP contribution in [0, 0.1) is 5.92 Å². The molecule has 0 aliphatic heterocycles. The molecule has 1 fully saturated rings. The molecule has 2 atom stereocenters. The Kier molecular flexibility index (Phi) is 5.60. The second-order valence-electron chi connectivity index (χ2n) is 5.53. The van der Waals surface area contributed by atoms with Crippen LogP contribution in [0.4, 0.5) is 0 Å². The van der Waals surface area contributed by atoms with E-state index in [0.29, 0.717) is 5.56 Å². The summed E-state index contributed by atoms with van der Waals surface area (Å²) < 4.78 is 10.9. The number of rotatable bonds is 6. The Bertz CT molecular complexity index is 424. The van der Waals surface area contributed by atoms with Crippen LogP contribution in [0.15, 0.2) is 24.3 Å². The van der Waals surface area contributed by atoms with E-state index in [0.717, 1.165) is 24.5 Å². The molecular weight excluding hydrogens is 252 g/mol. The molecule has 0 N–H and O–H groups in total. The number of hydrogen-bond donors (Lipinski definition) is 0. The number of Topliss-reactive ketones (excluding diaryl/α,β-unsaturated/α-hetero) is 1. The Morgan fingerprint density at radius 3 is 2.65 bits per heavy atom. The van der Waals surface area contributed by atoms with E-state index >= 15 is 0 Å². The van der Waals surface area contributed by atoms with E-state index in [9.17, 15) is 4.79 Å². The zero-order valence-electron chi connectivity index (χ0n) is 12.4. The first-order valence-corrected chi connectivity index (χ1v) is 7.51. The summed E-state index contributed by atoms with van der Waals surface area (Å²) in [5, 5.41) is 0. The number of ether oxygens (including phenoxy) is 2. The third-order valence-electron chi connectivity index (χ3n) is 4.17. The van der Waals surface area contributed by atoms with Crippen molar-refractivity contribution in [3.63, 3.8) is 0 Å². The van der Waals surface area contributed by atoms with Crippen molar-refractivity contribution in [2.75, 3.05) is 13.7 Å². The molecule has 0 saturated heterocycles. The van der Waals surface area contributed by atoms with E-state index in [1.807, 2.05) is 0 Å². The van der Waals surface area contributed by atoms with E-state index in [1.165, 1.54) is 19.3 Å². The molecule has 2 unspecified atom stereocenters. The van der Waals surface area contributed by atoms with Crippen LogP contribution in [0.2, 0.25) is 0 Å². The highest BCUT2D eigenvalue weighted by Crippen LogP contribution is 2.28. The maximum atomic E-state index is 12.1. The fourth-order valence-corrected chi connectivity index (χ4v) is 2.82. The lowest BCUT2D eigenvalue weighted by Gasteiger charge is -2.28. The first kappa shape index (κ1) is 15.0. The maximum absolute atomic E-state index is 12.1. The summed E-state index contributed by atoms with van der Waals surface area (Å²) in [7, 11) is 1.62. The fourth-order valence-electron chi connectivity index (χ4n) is 2.82. The Hall–Kier alpha value is -1.35. The molecule has 0 bridgehead atoms. The van der Waals surface area contributed by atoms with Crippen LogP contribution in [0.25, 0.3) is 0 Å². The molecule has 20 heavy (non-hydrogen) atoms. The Balaban J connectivity index is 1.82. The third-order valence-corrected chi connectivity index (χ3v) is 4.17. The number of benzene rings is 1. The van der Waals surface area contributed by atoms with Crippen molar-refractivity contribution < 1.29 is 14.3 Å². The quantitative estimate of drug-likeness (QED) is 0.740. The topological polar surface area (TPSA) is 35.5 Å². The van der Waals surface area contributed by atoms with Crippen LogP contribution < -0.4 is 4.74 Å². The second-order valence-corrected chi connectivity index (χ2v) is 5.53. The fraction of sp³-hybridized carbons (Fsp3) is 0.588. The van der Waals surface area contributed by atoms with Gasteiger partial charge in [0.05, 0.1) is 13.2 Å². The average Bonchev–Trinajstić information content (AvgIpc) is 2.53. The molecule has 1 aromatic rings. The molecule has 3 nitrogen and oxygen atoms in total. The van der Waals surface area contributed by atoms with Gasteiger partial charge in [-0.15, -0.1) is 0 Å². The molecule has 2 rings (SSSR count). The van der Waals surface area contributed by atoms with Gasteiger partial charge in [0.15, 0.2) is 5.78 Å². The van der Waals surface area contributed by atoms with E-state index in [-0.39, 0.29) is 18.5 Å². The lowest BCUT2D eigenvalue weighted by molar-refractivity contribution is 0.0156. The molecule has 0 aromatic heterocycles. The molecule has 0 spiro atoms. The predicted octanol–water partition coefficient (Wildman–Crippen LogP) is 3.86. The molecule has 1 saturated carbocycles. The van der Waals surface area contributed by atoms with Crippen molar-refractivity contribution in [1.29, 1.82) is 0 Å². The van der Waals surface area contributed by atoms with Gasteiger partial charge in [0.25, 0.3) is 0 Å². The summed E-state index contributed by atoms with van der Waals surface area (Å²) in [5.74, 6) is 1.58. The zero-order valence-corrected chi connectivity index (χ0v) is 12.4. The smallest absolute Gasteiger partial charge is 0.188 e. The van der Waals surface area contributed by atoms with Crippen LogP contribution in [-0.4, -0.2) is 25.6 Å². The molecule has 3 heteroatoms. The SMILES string of the molecule is CCC1CCCC(OCC(=O)c2ccc(OC)cc2)C1. The van der Waals surface area contributed by atoms with Gasteiger partial charge in [-0.25, -0.2) is 0 Å². The normalized spacial score (nSPS) is 22.5. The standard InChI is InChI=1S/C17H24O3/c1-3-13-5-4-6-16(11-13)20-12-17(18)14-7-9-15(19-2)10-8-14/h7-10,13,16H,3-6,11-12H2,1-2H3. The number of carbonyl (C=O) groups excluding carboxylic acids is 1. The number of carbonyl (C=O) groups is 1. The lowest BCUT2D eigenvalue weighted by atomic mass is 9.85. The predicted molar refractivity (Wildman–Crippen MR) is 79.3 cm³/mol. The van der Waals surface area contributed by atoms with Gasteiger partial charge in [-0.1, -0.05) is 26.2 Å². The van der Waals surface area contributed by atoms with Crippen LogP contribution in [-0.2, 0) is 4.74 Å². The van der Waals surface area contributed by atoms with Gasteiger partial charge in [-0.05, 0) is 43.0 Å². The highest BCUT2D eigenvalue weighted by atomic mass is 16.5. The Labute approximate surface area is 121 Å². The average molecular weight is 276 g/mol. The van der Waals surface area contributed by atoms with Crippen LogP contribution >= 0.6 is 0 Å². The second kappa shape index (κ2) is 7.44. The van der Waals surface area contributed by atoms with Gasteiger partial charge < -0.3 is 9.47 Å². The van der Waals surface area contributed by atoms with E-state index in [1.54, 1.807) is 31.4 Å². The Morgan fingerprint density at radius 2 is 2.00 bits per heavy atom. The minimum absolute atomic E-state index is 0.0475. The molecule has 1 aromatic carbocycles. The minimum Gasteiger partial charge on any atom is -0.497 e. The highest BCUT2D eigenvalue weighted by molar-refractivity contribution is 5.97. The van der Waals surface area contributed by atoms with Crippen molar-refractivity contribution in [3.8, 4) is 5.75 Å². The van der Waals surface area contributed by atoms with Crippen molar-refractivity contribution in [1.82, 2.24) is 0 Å². The van der Waals surface area contributed by atoms with Crippen molar-refractivity contribution in [2.24, 2.45) is 5.92 Å². The van der Waals surface area contributed by atoms with Gasteiger partial charge >= 0.3 is 0 Å². The van der Waals surface area contributed by atoms with Crippen molar-refractivity contribution in [3.05, 3.63) is 29.8 Å². The summed E-state index contributed by atoms with van der Waals surface area (Å²) >= 11 is 0. The van der Waals surface area contributed by atoms with Crippen LogP contribution in [0.1, 0.15) is 49.4 Å². The van der Waals surface area contributed by atoms with E-state index < -0.39 is 0 Å². The molecule has 0 amide bonds. The summed E-state index contributed by atoms with van der Waals surface area (Å²) in [6.07, 6.45) is 6.20. The molecule has 0 heterocycles. The molecule has 0 radical (unpaired) electrons. The molecular formula is C17H24O3. The monoisotopic (exact) mass is 276 g/mol. The van der Waals surface area contributed by atoms with Crippen LogP contribution in [0.5, 0.6) is 5.75 Å². The van der Waals surface area contributed by atoms with Crippen molar-refractivity contribution in [2.45, 2.75) is 45.1 Å². The summed E-state index contributed by atoms with van der Waals surface area (Å²) in [6.45, 7) is 2.42. The number of hydrogen-bond acceptors (Lipinski definition) is 3. The molecule has 1 aliphatic rings. The molecule has 1 aliphatic carbocycles. The molecule has 110 valence electrons. The van der Waals surface area contributed by atoms with Gasteiger partial charge in [0.2, 0.25) is 0 Å². The van der Waals surface area contributed by atoms with Gasteiger partial charge in [-0.2, -0.15) is 0 Å². The third kappa shape index (κ3) is 4.07. The first-order valence-electron chi connectivity index (χ1n) is 7.51. The van der Waals surface area contributed by atoms with E-state index in [4.69, 9.17) is 9.47 Å². The number of ketones is 1. The summed E-state index contributed by atoms with van der Waals surface area (Å²) in [6, 6.07) is 7.20. The Morgan fingerprint density at radius 1 is 1.25 bits per heavy atom. The van der Waals surface area contributed by atoms with Gasteiger partial charge in [-0.3, -0.25) is 4.79 Å². The highest BCUT2D eigenvalue weighted by Gasteiger charge is 2.22. The lowest BCUT2D eigenvalue weighted by Crippen LogP contribution is -2.25. The summed E-state index contributed by atoms with van der Waals surface area (Å²) in [4.78, 5) is 12.1. The minimum atomic E-state index is 0.0475. The van der Waals surface area contributed by atoms with Crippen LogP contribution in [0.3, 0.4) is 0 Å². The first-order chi connectivity index (χ1) is 9.72. The van der Waals surface area contributed by atoms with E-state index in [2.05, 4.69) is 6.92 Å². The maximum Gasteiger partial charge on any atom is 0.188 e.